The van der Waals surface area contributed by atoms with Crippen LogP contribution in [-0.2, 0) is 23.9 Å². The molecule has 2 aromatic rings. The molecule has 0 saturated carbocycles. The summed E-state index contributed by atoms with van der Waals surface area (Å²) in [6, 6.07) is 7.77. The molecular formula is C17H19F3N4O2. The Morgan fingerprint density at radius 2 is 1.92 bits per heavy atom. The molecule has 9 heteroatoms. The topological polar surface area (TPSA) is 90.1 Å². The monoisotopic (exact) mass is 368 g/mol. The molecule has 1 aromatic heterocycles. The second-order valence-corrected chi connectivity index (χ2v) is 5.54. The molecule has 0 spiro atoms. The van der Waals surface area contributed by atoms with E-state index in [1.165, 1.54) is 6.92 Å². The fourth-order valence-electron chi connectivity index (χ4n) is 2.16. The number of nitrogens with two attached hydrogens (primary N) is 1. The zero-order valence-corrected chi connectivity index (χ0v) is 14.1. The van der Waals surface area contributed by atoms with Crippen LogP contribution < -0.4 is 15.8 Å². The summed E-state index contributed by atoms with van der Waals surface area (Å²) in [6.07, 6.45) is -4.48. The van der Waals surface area contributed by atoms with Gasteiger partial charge in [-0.2, -0.15) is 13.2 Å². The van der Waals surface area contributed by atoms with Gasteiger partial charge in [0.05, 0.1) is 13.0 Å². The number of ether oxygens (including phenoxy) is 1. The number of carbonyl (C=O) groups is 1. The number of hydrogen-bond donors (Lipinski definition) is 2. The van der Waals surface area contributed by atoms with E-state index in [4.69, 9.17) is 10.5 Å². The van der Waals surface area contributed by atoms with E-state index in [-0.39, 0.29) is 30.4 Å². The Morgan fingerprint density at radius 3 is 2.54 bits per heavy atom. The molecule has 6 nitrogen and oxygen atoms in total. The summed E-state index contributed by atoms with van der Waals surface area (Å²) in [6.45, 7) is 2.06. The first-order chi connectivity index (χ1) is 12.3. The van der Waals surface area contributed by atoms with Crippen molar-refractivity contribution in [3.8, 4) is 5.75 Å². The van der Waals surface area contributed by atoms with E-state index in [1.54, 1.807) is 24.3 Å². The summed E-state index contributed by atoms with van der Waals surface area (Å²) < 4.78 is 43.6. The molecule has 0 aliphatic carbocycles. The average Bonchev–Trinajstić information content (AvgIpc) is 2.58. The van der Waals surface area contributed by atoms with Gasteiger partial charge in [-0.25, -0.2) is 9.97 Å². The van der Waals surface area contributed by atoms with Crippen molar-refractivity contribution in [2.45, 2.75) is 26.1 Å². The van der Waals surface area contributed by atoms with Gasteiger partial charge in [-0.1, -0.05) is 12.1 Å². The van der Waals surface area contributed by atoms with Gasteiger partial charge < -0.3 is 15.8 Å². The number of aromatic nitrogens is 2. The van der Waals surface area contributed by atoms with Gasteiger partial charge in [-0.05, 0) is 30.7 Å². The van der Waals surface area contributed by atoms with Crippen molar-refractivity contribution < 1.29 is 22.7 Å². The molecule has 1 heterocycles. The number of aryl methyl sites for hydroxylation is 1. The number of benzene rings is 1. The molecule has 0 unspecified atom stereocenters. The van der Waals surface area contributed by atoms with Gasteiger partial charge in [-0.3, -0.25) is 4.79 Å². The lowest BCUT2D eigenvalue weighted by atomic mass is 10.1. The third kappa shape index (κ3) is 5.99. The lowest BCUT2D eigenvalue weighted by molar-refractivity contribution is -0.141. The quantitative estimate of drug-likeness (QED) is 0.780. The minimum absolute atomic E-state index is 0.0785. The molecule has 0 aliphatic heterocycles. The summed E-state index contributed by atoms with van der Waals surface area (Å²) in [5.41, 5.74) is 5.24. The Balaban J connectivity index is 1.91. The van der Waals surface area contributed by atoms with Crippen LogP contribution in [0.15, 0.2) is 30.3 Å². The Kier molecular flexibility index (Phi) is 6.51. The van der Waals surface area contributed by atoms with Crippen LogP contribution in [0.5, 0.6) is 5.75 Å². The highest BCUT2D eigenvalue weighted by Gasteiger charge is 2.33. The van der Waals surface area contributed by atoms with E-state index in [9.17, 15) is 18.0 Å². The minimum Gasteiger partial charge on any atom is -0.492 e. The van der Waals surface area contributed by atoms with E-state index < -0.39 is 11.9 Å². The van der Waals surface area contributed by atoms with Crippen molar-refractivity contribution in [1.82, 2.24) is 15.3 Å². The van der Waals surface area contributed by atoms with E-state index in [0.29, 0.717) is 18.9 Å². The largest absolute Gasteiger partial charge is 0.492 e. The molecule has 26 heavy (non-hydrogen) atoms. The maximum atomic E-state index is 12.7. The van der Waals surface area contributed by atoms with E-state index in [0.717, 1.165) is 11.6 Å². The third-order valence-electron chi connectivity index (χ3n) is 3.31. The first-order valence-corrected chi connectivity index (χ1v) is 7.88. The number of nitrogens with zero attached hydrogens (tertiary/aromatic N) is 2. The molecule has 0 atom stereocenters. The van der Waals surface area contributed by atoms with Gasteiger partial charge in [0.25, 0.3) is 0 Å². The predicted octanol–water partition coefficient (Wildman–Crippen LogP) is 2.00. The van der Waals surface area contributed by atoms with Crippen molar-refractivity contribution >= 4 is 5.91 Å². The first-order valence-electron chi connectivity index (χ1n) is 7.88. The van der Waals surface area contributed by atoms with Crippen molar-refractivity contribution in [2.75, 3.05) is 13.2 Å². The maximum Gasteiger partial charge on any atom is 0.433 e. The zero-order chi connectivity index (χ0) is 19.2. The number of rotatable bonds is 7. The number of hydrogen-bond acceptors (Lipinski definition) is 5. The normalized spacial score (nSPS) is 11.3. The molecule has 0 radical (unpaired) electrons. The Labute approximate surface area is 148 Å². The van der Waals surface area contributed by atoms with Crippen LogP contribution >= 0.6 is 0 Å². The maximum absolute atomic E-state index is 12.7. The molecule has 1 amide bonds. The van der Waals surface area contributed by atoms with E-state index in [1.807, 2.05) is 0 Å². The number of alkyl halides is 3. The highest BCUT2D eigenvalue weighted by Crippen LogP contribution is 2.27. The summed E-state index contributed by atoms with van der Waals surface area (Å²) >= 11 is 0. The van der Waals surface area contributed by atoms with Gasteiger partial charge in [0.2, 0.25) is 5.91 Å². The molecule has 3 N–H and O–H groups in total. The smallest absolute Gasteiger partial charge is 0.433 e. The van der Waals surface area contributed by atoms with Gasteiger partial charge in [0, 0.05) is 12.2 Å². The van der Waals surface area contributed by atoms with Crippen molar-refractivity contribution in [1.29, 1.82) is 0 Å². The predicted molar refractivity (Wildman–Crippen MR) is 88.3 cm³/mol. The van der Waals surface area contributed by atoms with Crippen LogP contribution in [0.3, 0.4) is 0 Å². The molecule has 0 aliphatic rings. The molecule has 2 rings (SSSR count). The highest BCUT2D eigenvalue weighted by molar-refractivity contribution is 5.78. The van der Waals surface area contributed by atoms with E-state index in [2.05, 4.69) is 15.3 Å². The minimum atomic E-state index is -4.56. The fourth-order valence-corrected chi connectivity index (χ4v) is 2.16. The second-order valence-electron chi connectivity index (χ2n) is 5.54. The number of amides is 1. The lowest BCUT2D eigenvalue weighted by Gasteiger charge is -2.10. The van der Waals surface area contributed by atoms with Gasteiger partial charge in [0.1, 0.15) is 23.9 Å². The SMILES string of the molecule is Cc1cc(C(F)(F)F)nc(CNC(=O)Cc2ccc(OCCN)cc2)n1. The summed E-state index contributed by atoms with van der Waals surface area (Å²) in [4.78, 5) is 19.3. The lowest BCUT2D eigenvalue weighted by Crippen LogP contribution is -2.26. The summed E-state index contributed by atoms with van der Waals surface area (Å²) in [5.74, 6) is 0.211. The number of halogens is 3. The summed E-state index contributed by atoms with van der Waals surface area (Å²) in [7, 11) is 0. The van der Waals surface area contributed by atoms with Crippen molar-refractivity contribution in [3.63, 3.8) is 0 Å². The van der Waals surface area contributed by atoms with Gasteiger partial charge >= 0.3 is 6.18 Å². The average molecular weight is 368 g/mol. The molecule has 0 bridgehead atoms. The van der Waals surface area contributed by atoms with Crippen molar-refractivity contribution in [2.24, 2.45) is 5.73 Å². The van der Waals surface area contributed by atoms with Gasteiger partial charge in [-0.15, -0.1) is 0 Å². The fraction of sp³-hybridized carbons (Fsp3) is 0.353. The molecular weight excluding hydrogens is 349 g/mol. The van der Waals surface area contributed by atoms with Crippen LogP contribution in [-0.4, -0.2) is 29.0 Å². The Hall–Kier alpha value is -2.68. The number of carbonyl (C=O) groups excluding carboxylic acids is 1. The highest BCUT2D eigenvalue weighted by atomic mass is 19.4. The van der Waals surface area contributed by atoms with Crippen LogP contribution in [0.2, 0.25) is 0 Å². The molecule has 1 aromatic carbocycles. The number of nitrogens with one attached hydrogen (secondary N) is 1. The van der Waals surface area contributed by atoms with Gasteiger partial charge in [0.15, 0.2) is 0 Å². The van der Waals surface area contributed by atoms with Crippen LogP contribution in [0.1, 0.15) is 22.8 Å². The second kappa shape index (κ2) is 8.61. The first kappa shape index (κ1) is 19.6. The Bertz CT molecular complexity index is 749. The molecule has 0 saturated heterocycles. The molecule has 140 valence electrons. The standard InChI is InChI=1S/C17H19F3N4O2/c1-11-8-14(17(18,19)20)24-15(23-11)10-22-16(25)9-12-2-4-13(5-3-12)26-7-6-21/h2-5,8H,6-7,9-10,21H2,1H3,(H,22,25). The van der Waals surface area contributed by atoms with Crippen LogP contribution in [0.25, 0.3) is 0 Å². The van der Waals surface area contributed by atoms with Crippen LogP contribution in [0.4, 0.5) is 13.2 Å². The van der Waals surface area contributed by atoms with E-state index >= 15 is 0 Å². The third-order valence-corrected chi connectivity index (χ3v) is 3.31. The van der Waals surface area contributed by atoms with Crippen molar-refractivity contribution in [3.05, 3.63) is 53.1 Å². The Morgan fingerprint density at radius 1 is 1.23 bits per heavy atom. The molecule has 0 fully saturated rings. The van der Waals surface area contributed by atoms with Crippen LogP contribution in [0, 0.1) is 6.92 Å². The zero-order valence-electron chi connectivity index (χ0n) is 14.1. The summed E-state index contributed by atoms with van der Waals surface area (Å²) in [5, 5.41) is 2.52.